The summed E-state index contributed by atoms with van der Waals surface area (Å²) in [7, 11) is 0. The summed E-state index contributed by atoms with van der Waals surface area (Å²) in [4.78, 5) is 0. The lowest BCUT2D eigenvalue weighted by Crippen LogP contribution is -2.13. The molecule has 3 nitrogen and oxygen atoms in total. The lowest BCUT2D eigenvalue weighted by Gasteiger charge is -2.10. The van der Waals surface area contributed by atoms with Gasteiger partial charge in [0.05, 0.1) is 11.5 Å². The van der Waals surface area contributed by atoms with Gasteiger partial charge in [-0.1, -0.05) is 0 Å². The minimum absolute atomic E-state index is 0.0804. The number of aromatic nitrogens is 1. The molecule has 0 spiro atoms. The Morgan fingerprint density at radius 2 is 2.38 bits per heavy atom. The average Bonchev–Trinajstić information content (AvgIpc) is 2.78. The van der Waals surface area contributed by atoms with E-state index in [1.807, 2.05) is 18.3 Å². The van der Waals surface area contributed by atoms with E-state index in [-0.39, 0.29) is 5.41 Å². The molecule has 2 N–H and O–H groups in total. The SMILES string of the molecule is N#CC1(Cn2cccc2CN)CC1. The first-order valence-corrected chi connectivity index (χ1v) is 4.55. The van der Waals surface area contributed by atoms with Gasteiger partial charge in [-0.3, -0.25) is 0 Å². The van der Waals surface area contributed by atoms with Crippen molar-refractivity contribution in [2.24, 2.45) is 11.1 Å². The Hall–Kier alpha value is -1.27. The molecule has 68 valence electrons. The molecular formula is C10H13N3. The van der Waals surface area contributed by atoms with Gasteiger partial charge in [0.1, 0.15) is 0 Å². The summed E-state index contributed by atoms with van der Waals surface area (Å²) in [6, 6.07) is 6.37. The molecule has 0 unspecified atom stereocenters. The summed E-state index contributed by atoms with van der Waals surface area (Å²) in [5.74, 6) is 0. The highest BCUT2D eigenvalue weighted by atomic mass is 15.0. The molecule has 1 aromatic rings. The molecule has 0 radical (unpaired) electrons. The normalized spacial score (nSPS) is 18.2. The third-order valence-electron chi connectivity index (χ3n) is 2.70. The second-order valence-corrected chi connectivity index (χ2v) is 3.72. The fourth-order valence-corrected chi connectivity index (χ4v) is 1.57. The maximum Gasteiger partial charge on any atom is 0.0753 e. The minimum atomic E-state index is -0.0804. The highest BCUT2D eigenvalue weighted by Crippen LogP contribution is 2.46. The summed E-state index contributed by atoms with van der Waals surface area (Å²) in [6.45, 7) is 1.36. The molecule has 0 aliphatic heterocycles. The molecule has 1 aliphatic rings. The van der Waals surface area contributed by atoms with Crippen molar-refractivity contribution in [2.75, 3.05) is 0 Å². The lowest BCUT2D eigenvalue weighted by molar-refractivity contribution is 0.516. The van der Waals surface area contributed by atoms with Gasteiger partial charge < -0.3 is 10.3 Å². The Morgan fingerprint density at radius 1 is 1.62 bits per heavy atom. The van der Waals surface area contributed by atoms with Crippen LogP contribution in [-0.4, -0.2) is 4.57 Å². The Bertz CT molecular complexity index is 341. The van der Waals surface area contributed by atoms with Gasteiger partial charge in [0.25, 0.3) is 0 Å². The van der Waals surface area contributed by atoms with Gasteiger partial charge in [-0.15, -0.1) is 0 Å². The quantitative estimate of drug-likeness (QED) is 0.751. The molecule has 1 heterocycles. The number of nitriles is 1. The summed E-state index contributed by atoms with van der Waals surface area (Å²) in [5.41, 5.74) is 6.60. The first kappa shape index (κ1) is 8.33. The van der Waals surface area contributed by atoms with E-state index < -0.39 is 0 Å². The van der Waals surface area contributed by atoms with Gasteiger partial charge in [0.15, 0.2) is 0 Å². The molecule has 1 saturated carbocycles. The maximum atomic E-state index is 8.92. The van der Waals surface area contributed by atoms with Gasteiger partial charge in [-0.25, -0.2) is 0 Å². The van der Waals surface area contributed by atoms with E-state index in [0.717, 1.165) is 25.1 Å². The van der Waals surface area contributed by atoms with Crippen LogP contribution >= 0.6 is 0 Å². The van der Waals surface area contributed by atoms with Crippen molar-refractivity contribution in [2.45, 2.75) is 25.9 Å². The number of hydrogen-bond acceptors (Lipinski definition) is 2. The molecule has 3 heteroatoms. The maximum absolute atomic E-state index is 8.92. The van der Waals surface area contributed by atoms with E-state index in [2.05, 4.69) is 10.6 Å². The zero-order chi connectivity index (χ0) is 9.31. The average molecular weight is 175 g/mol. The van der Waals surface area contributed by atoms with E-state index in [0.29, 0.717) is 6.54 Å². The van der Waals surface area contributed by atoms with E-state index in [9.17, 15) is 0 Å². The summed E-state index contributed by atoms with van der Waals surface area (Å²) >= 11 is 0. The summed E-state index contributed by atoms with van der Waals surface area (Å²) < 4.78 is 2.09. The monoisotopic (exact) mass is 175 g/mol. The largest absolute Gasteiger partial charge is 0.349 e. The van der Waals surface area contributed by atoms with Crippen LogP contribution in [0.3, 0.4) is 0 Å². The first-order chi connectivity index (χ1) is 6.29. The fourth-order valence-electron chi connectivity index (χ4n) is 1.57. The predicted octanol–water partition coefficient (Wildman–Crippen LogP) is 1.25. The Kier molecular flexibility index (Phi) is 1.86. The number of hydrogen-bond donors (Lipinski definition) is 1. The van der Waals surface area contributed by atoms with Crippen molar-refractivity contribution in [1.29, 1.82) is 5.26 Å². The zero-order valence-electron chi connectivity index (χ0n) is 7.53. The molecule has 0 aromatic carbocycles. The van der Waals surface area contributed by atoms with Crippen LogP contribution in [-0.2, 0) is 13.1 Å². The molecule has 0 bridgehead atoms. The lowest BCUT2D eigenvalue weighted by atomic mass is 10.1. The van der Waals surface area contributed by atoms with Gasteiger partial charge in [-0.2, -0.15) is 5.26 Å². The molecule has 13 heavy (non-hydrogen) atoms. The smallest absolute Gasteiger partial charge is 0.0753 e. The molecule has 1 fully saturated rings. The number of rotatable bonds is 3. The molecule has 2 rings (SSSR count). The van der Waals surface area contributed by atoms with E-state index in [1.165, 1.54) is 0 Å². The highest BCUT2D eigenvalue weighted by molar-refractivity contribution is 5.14. The third-order valence-corrected chi connectivity index (χ3v) is 2.70. The molecular weight excluding hydrogens is 162 g/mol. The van der Waals surface area contributed by atoms with Crippen molar-refractivity contribution >= 4 is 0 Å². The number of nitrogens with zero attached hydrogens (tertiary/aromatic N) is 2. The molecule has 0 saturated heterocycles. The van der Waals surface area contributed by atoms with E-state index in [4.69, 9.17) is 11.0 Å². The molecule has 0 amide bonds. The molecule has 1 aromatic heterocycles. The van der Waals surface area contributed by atoms with Gasteiger partial charge in [-0.05, 0) is 25.0 Å². The van der Waals surface area contributed by atoms with E-state index >= 15 is 0 Å². The third kappa shape index (κ3) is 1.45. The van der Waals surface area contributed by atoms with Crippen molar-refractivity contribution < 1.29 is 0 Å². The fraction of sp³-hybridized carbons (Fsp3) is 0.500. The van der Waals surface area contributed by atoms with Crippen LogP contribution in [0.4, 0.5) is 0 Å². The van der Waals surface area contributed by atoms with Crippen LogP contribution in [0.1, 0.15) is 18.5 Å². The predicted molar refractivity (Wildman–Crippen MR) is 49.6 cm³/mol. The summed E-state index contributed by atoms with van der Waals surface area (Å²) in [6.07, 6.45) is 4.07. The van der Waals surface area contributed by atoms with Crippen LogP contribution in [0, 0.1) is 16.7 Å². The Labute approximate surface area is 77.8 Å². The second kappa shape index (κ2) is 2.90. The number of nitrogens with two attached hydrogens (primary N) is 1. The van der Waals surface area contributed by atoms with Crippen molar-refractivity contribution in [3.8, 4) is 6.07 Å². The van der Waals surface area contributed by atoms with Crippen LogP contribution in [0.15, 0.2) is 18.3 Å². The van der Waals surface area contributed by atoms with E-state index in [1.54, 1.807) is 0 Å². The van der Waals surface area contributed by atoms with Crippen LogP contribution in [0.25, 0.3) is 0 Å². The van der Waals surface area contributed by atoms with Gasteiger partial charge in [0, 0.05) is 25.0 Å². The first-order valence-electron chi connectivity index (χ1n) is 4.55. The Balaban J connectivity index is 2.14. The molecule has 0 atom stereocenters. The van der Waals surface area contributed by atoms with Crippen LogP contribution in [0.5, 0.6) is 0 Å². The second-order valence-electron chi connectivity index (χ2n) is 3.72. The highest BCUT2D eigenvalue weighted by Gasteiger charge is 2.43. The van der Waals surface area contributed by atoms with Gasteiger partial charge in [0.2, 0.25) is 0 Å². The standard InChI is InChI=1S/C10H13N3/c11-6-9-2-1-5-13(9)8-10(7-12)3-4-10/h1-2,5H,3-4,6,8,11H2. The minimum Gasteiger partial charge on any atom is -0.349 e. The summed E-state index contributed by atoms with van der Waals surface area (Å²) in [5, 5.41) is 8.92. The van der Waals surface area contributed by atoms with Crippen LogP contribution < -0.4 is 5.73 Å². The zero-order valence-corrected chi connectivity index (χ0v) is 7.53. The Morgan fingerprint density at radius 3 is 2.92 bits per heavy atom. The van der Waals surface area contributed by atoms with Crippen molar-refractivity contribution in [3.05, 3.63) is 24.0 Å². The topological polar surface area (TPSA) is 54.7 Å². The van der Waals surface area contributed by atoms with Crippen LogP contribution in [0.2, 0.25) is 0 Å². The molecule has 1 aliphatic carbocycles. The van der Waals surface area contributed by atoms with Gasteiger partial charge >= 0.3 is 0 Å². The van der Waals surface area contributed by atoms with Crippen molar-refractivity contribution in [3.63, 3.8) is 0 Å². The van der Waals surface area contributed by atoms with Crippen molar-refractivity contribution in [1.82, 2.24) is 4.57 Å².